The number of anilines is 1. The summed E-state index contributed by atoms with van der Waals surface area (Å²) in [7, 11) is -14.1. The topological polar surface area (TPSA) is 255 Å². The third-order valence-electron chi connectivity index (χ3n) is 4.23. The lowest BCUT2D eigenvalue weighted by Gasteiger charge is -2.14. The first-order chi connectivity index (χ1) is 15.0. The van der Waals surface area contributed by atoms with Crippen LogP contribution >= 0.6 is 23.9 Å². The van der Waals surface area contributed by atoms with Crippen LogP contribution in [0.3, 0.4) is 0 Å². The Morgan fingerprint density at radius 1 is 1.31 bits per heavy atom. The van der Waals surface area contributed by atoms with Crippen molar-refractivity contribution in [1.82, 2.24) is 14.5 Å². The minimum absolute atomic E-state index is 0.0351. The number of nitrogens with two attached hydrogens (primary N) is 1. The van der Waals surface area contributed by atoms with Crippen LogP contribution in [-0.4, -0.2) is 58.6 Å². The molecule has 0 spiro atoms. The number of nitrogens with zero attached hydrogens (tertiary/aromatic N) is 3. The molecule has 1 aliphatic rings. The lowest BCUT2D eigenvalue weighted by molar-refractivity contribution is -0.157. The maximum absolute atomic E-state index is 11.7. The molecule has 0 bridgehead atoms. The minimum Gasteiger partial charge on any atom is -0.392 e. The van der Waals surface area contributed by atoms with Crippen LogP contribution in [0, 0.1) is 0 Å². The number of aliphatic hydroxyl groups is 2. The molecule has 7 N–H and O–H groups in total. The minimum atomic E-state index is -5.42. The van der Waals surface area contributed by atoms with Gasteiger partial charge >= 0.3 is 23.9 Å². The van der Waals surface area contributed by atoms with Gasteiger partial charge in [0.25, 0.3) is 0 Å². The van der Waals surface area contributed by atoms with Gasteiger partial charge in [0.15, 0.2) is 0 Å². The van der Waals surface area contributed by atoms with Gasteiger partial charge in [-0.05, 0) is 4.31 Å². The van der Waals surface area contributed by atoms with Gasteiger partial charge in [0, 0.05) is 22.7 Å². The lowest BCUT2D eigenvalue weighted by Crippen LogP contribution is -2.25. The molecule has 32 heavy (non-hydrogen) atoms. The summed E-state index contributed by atoms with van der Waals surface area (Å²) in [6.45, 7) is -0.935. The van der Waals surface area contributed by atoms with Crippen molar-refractivity contribution in [2.45, 2.75) is 31.5 Å². The van der Waals surface area contributed by atoms with E-state index in [1.165, 1.54) is 17.1 Å². The van der Waals surface area contributed by atoms with E-state index in [-0.39, 0.29) is 18.8 Å². The van der Waals surface area contributed by atoms with Gasteiger partial charge in [-0.3, -0.25) is 4.89 Å². The fraction of sp³-hybridized carbons (Fsp3) is 0.500. The van der Waals surface area contributed by atoms with Crippen molar-refractivity contribution in [3.05, 3.63) is 18.1 Å². The summed E-state index contributed by atoms with van der Waals surface area (Å²) in [6, 6.07) is 0. The van der Waals surface area contributed by atoms with Crippen molar-refractivity contribution in [3.63, 3.8) is 0 Å². The van der Waals surface area contributed by atoms with E-state index >= 15 is 0 Å². The molecule has 0 aliphatic carbocycles. The van der Waals surface area contributed by atoms with Crippen LogP contribution in [0.5, 0.6) is 0 Å². The second kappa shape index (κ2) is 9.83. The Labute approximate surface area is 179 Å². The van der Waals surface area contributed by atoms with E-state index in [1.807, 2.05) is 0 Å². The molecule has 0 aromatic carbocycles. The van der Waals surface area contributed by atoms with Gasteiger partial charge < -0.3 is 30.1 Å². The average molecular weight is 519 g/mol. The number of fused-ring (bicyclic) bond motifs is 1. The molecule has 17 nitrogen and oxygen atoms in total. The van der Waals surface area contributed by atoms with Crippen molar-refractivity contribution >= 4 is 40.8 Å². The molecule has 0 amide bonds. The molecule has 20 heteroatoms. The van der Waals surface area contributed by atoms with Gasteiger partial charge in [0.2, 0.25) is 0 Å². The number of hydrogen-bond donors (Lipinski definition) is 6. The molecule has 2 aromatic rings. The first-order valence-electron chi connectivity index (χ1n) is 8.50. The SMILES string of the molecule is Nc1ncnc2c1c(CO)cn2[C@H]1C[C@H](O)[C@@H](CO[P+](=O)OP(=O)(O)OP(=O)(O)OO)O1. The molecular weight excluding hydrogens is 501 g/mol. The number of rotatable bonds is 10. The van der Waals surface area contributed by atoms with Crippen LogP contribution in [0.1, 0.15) is 18.2 Å². The second-order valence-electron chi connectivity index (χ2n) is 6.31. The third-order valence-corrected chi connectivity index (χ3v) is 7.80. The fourth-order valence-electron chi connectivity index (χ4n) is 2.96. The largest absolute Gasteiger partial charge is 0.708 e. The summed E-state index contributed by atoms with van der Waals surface area (Å²) in [4.78, 5) is 26.0. The summed E-state index contributed by atoms with van der Waals surface area (Å²) >= 11 is 0. The van der Waals surface area contributed by atoms with Gasteiger partial charge in [-0.1, -0.05) is 0 Å². The van der Waals surface area contributed by atoms with Gasteiger partial charge in [-0.15, -0.1) is 9.20 Å². The molecule has 3 heterocycles. The maximum Gasteiger partial charge on any atom is 0.708 e. The molecule has 1 fully saturated rings. The van der Waals surface area contributed by atoms with Crippen LogP contribution in [0.25, 0.3) is 11.0 Å². The number of nitrogen functional groups attached to an aromatic ring is 1. The molecule has 6 atom stereocenters. The molecule has 0 saturated carbocycles. The molecule has 3 unspecified atom stereocenters. The number of hydrogen-bond acceptors (Lipinski definition) is 14. The fourth-order valence-corrected chi connectivity index (χ4v) is 5.65. The van der Waals surface area contributed by atoms with Gasteiger partial charge in [0.1, 0.15) is 36.7 Å². The van der Waals surface area contributed by atoms with Crippen LogP contribution < -0.4 is 5.73 Å². The van der Waals surface area contributed by atoms with Gasteiger partial charge in [-0.25, -0.2) is 24.4 Å². The van der Waals surface area contributed by atoms with Crippen LogP contribution in [0.15, 0.2) is 12.5 Å². The van der Waals surface area contributed by atoms with E-state index in [0.717, 1.165) is 0 Å². The van der Waals surface area contributed by atoms with Crippen molar-refractivity contribution in [3.8, 4) is 0 Å². The van der Waals surface area contributed by atoms with Crippen LogP contribution in [0.2, 0.25) is 0 Å². The first-order valence-corrected chi connectivity index (χ1v) is 12.6. The van der Waals surface area contributed by atoms with E-state index in [0.29, 0.717) is 16.6 Å². The summed E-state index contributed by atoms with van der Waals surface area (Å²) < 4.78 is 56.6. The Hall–Kier alpha value is -1.42. The lowest BCUT2D eigenvalue weighted by atomic mass is 10.2. The van der Waals surface area contributed by atoms with Crippen LogP contribution in [-0.2, 0) is 42.9 Å². The Morgan fingerprint density at radius 3 is 2.69 bits per heavy atom. The van der Waals surface area contributed by atoms with E-state index < -0.39 is 48.9 Å². The normalized spacial score (nSPS) is 25.5. The quantitative estimate of drug-likeness (QED) is 0.142. The summed E-state index contributed by atoms with van der Waals surface area (Å²) in [6.07, 6.45) is -0.214. The number of phosphoric acid groups is 2. The molecular formula is C12H18N4O13P3+. The highest BCUT2D eigenvalue weighted by Crippen LogP contribution is 2.63. The Bertz CT molecular complexity index is 1100. The summed E-state index contributed by atoms with van der Waals surface area (Å²) in [5, 5.41) is 28.3. The second-order valence-corrected chi connectivity index (χ2v) is 10.4. The van der Waals surface area contributed by atoms with E-state index in [4.69, 9.17) is 25.1 Å². The van der Waals surface area contributed by atoms with Crippen molar-refractivity contribution < 1.29 is 61.5 Å². The molecule has 1 saturated heterocycles. The smallest absolute Gasteiger partial charge is 0.392 e. The zero-order valence-corrected chi connectivity index (χ0v) is 18.5. The molecule has 0 radical (unpaired) electrons. The number of aromatic nitrogens is 3. The van der Waals surface area contributed by atoms with E-state index in [2.05, 4.69) is 23.3 Å². The Morgan fingerprint density at radius 2 is 2.03 bits per heavy atom. The highest BCUT2D eigenvalue weighted by atomic mass is 31.3. The predicted molar refractivity (Wildman–Crippen MR) is 101 cm³/mol. The first kappa shape index (κ1) is 25.2. The predicted octanol–water partition coefficient (Wildman–Crippen LogP) is 0.552. The molecule has 2 aromatic heterocycles. The van der Waals surface area contributed by atoms with Crippen molar-refractivity contribution in [1.29, 1.82) is 0 Å². The monoisotopic (exact) mass is 519 g/mol. The van der Waals surface area contributed by atoms with E-state index in [9.17, 15) is 28.8 Å². The zero-order valence-electron chi connectivity index (χ0n) is 15.8. The standard InChI is InChI=1S/C12H17N4O13P3/c13-11-10-6(3-17)2-16(12(10)15-5-14-11)9-1-7(18)8(26-9)4-25-30(20)28-32(23,24)29-31(21,22)27-19/h2,5,7-9,17-18H,1,3-4H2,(H4-,13,14,15,19,21,22,23,24)/p+1/t7-,8+,9+/m0/s1. The summed E-state index contributed by atoms with van der Waals surface area (Å²) in [5.74, 6) is 0.139. The molecule has 1 aliphatic heterocycles. The zero-order chi connectivity index (χ0) is 23.7. The maximum atomic E-state index is 11.7. The van der Waals surface area contributed by atoms with E-state index in [1.54, 1.807) is 0 Å². The molecule has 178 valence electrons. The van der Waals surface area contributed by atoms with Crippen molar-refractivity contribution in [2.24, 2.45) is 0 Å². The average Bonchev–Trinajstić information content (AvgIpc) is 3.26. The number of aliphatic hydroxyl groups excluding tert-OH is 2. The Kier molecular flexibility index (Phi) is 7.74. The highest BCUT2D eigenvalue weighted by molar-refractivity contribution is 7.64. The summed E-state index contributed by atoms with van der Waals surface area (Å²) in [5.41, 5.74) is 6.61. The van der Waals surface area contributed by atoms with Gasteiger partial charge in [0.05, 0.1) is 18.1 Å². The highest BCUT2D eigenvalue weighted by Gasteiger charge is 2.46. The van der Waals surface area contributed by atoms with Gasteiger partial charge in [-0.2, -0.15) is 4.31 Å². The third kappa shape index (κ3) is 5.73. The van der Waals surface area contributed by atoms with Crippen LogP contribution in [0.4, 0.5) is 5.82 Å². The number of ether oxygens (including phenoxy) is 1. The Balaban J connectivity index is 1.64. The van der Waals surface area contributed by atoms with Crippen molar-refractivity contribution in [2.75, 3.05) is 12.3 Å². The molecule has 3 rings (SSSR count).